The van der Waals surface area contributed by atoms with Crippen LogP contribution >= 0.6 is 11.3 Å². The highest BCUT2D eigenvalue weighted by Crippen LogP contribution is 2.36. The van der Waals surface area contributed by atoms with E-state index in [1.54, 1.807) is 15.9 Å². The summed E-state index contributed by atoms with van der Waals surface area (Å²) in [6.45, 7) is 4.16. The standard InChI is InChI=1S/C17H16N2O3S/c1-17(9-22-10-17)5-3-12-7-11-4-6-19-13(15(11)23-12)8-14(21-2)18-16(19)20/h7-8H,4,6,9-10H2,1-2H3. The summed E-state index contributed by atoms with van der Waals surface area (Å²) in [5.41, 5.74) is 1.83. The summed E-state index contributed by atoms with van der Waals surface area (Å²) < 4.78 is 12.1. The van der Waals surface area contributed by atoms with Gasteiger partial charge in [-0.2, -0.15) is 4.98 Å². The first kappa shape index (κ1) is 14.5. The van der Waals surface area contributed by atoms with Crippen LogP contribution < -0.4 is 10.4 Å². The minimum Gasteiger partial charge on any atom is -0.481 e. The van der Waals surface area contributed by atoms with E-state index in [1.807, 2.05) is 6.07 Å². The summed E-state index contributed by atoms with van der Waals surface area (Å²) in [7, 11) is 1.52. The molecule has 0 radical (unpaired) electrons. The predicted octanol–water partition coefficient (Wildman–Crippen LogP) is 1.92. The average Bonchev–Trinajstić information content (AvgIpc) is 2.94. The Hall–Kier alpha value is -2.10. The number of hydrogen-bond acceptors (Lipinski definition) is 5. The van der Waals surface area contributed by atoms with Crippen LogP contribution in [-0.4, -0.2) is 29.9 Å². The van der Waals surface area contributed by atoms with Gasteiger partial charge in [0.05, 0.1) is 41.2 Å². The van der Waals surface area contributed by atoms with Gasteiger partial charge in [-0.05, 0) is 25.0 Å². The number of rotatable bonds is 1. The summed E-state index contributed by atoms with van der Waals surface area (Å²) >= 11 is 1.62. The molecule has 0 spiro atoms. The SMILES string of the molecule is COc1cc2n(c(=O)n1)CCc1cc(C#CC3(C)COC3)sc1-2. The van der Waals surface area contributed by atoms with Crippen molar-refractivity contribution < 1.29 is 9.47 Å². The van der Waals surface area contributed by atoms with Crippen LogP contribution in [0.2, 0.25) is 0 Å². The van der Waals surface area contributed by atoms with E-state index in [2.05, 4.69) is 29.8 Å². The van der Waals surface area contributed by atoms with Crippen molar-refractivity contribution in [1.29, 1.82) is 0 Å². The van der Waals surface area contributed by atoms with E-state index in [9.17, 15) is 4.79 Å². The minimum atomic E-state index is -0.259. The highest BCUT2D eigenvalue weighted by molar-refractivity contribution is 7.16. The molecule has 2 aliphatic rings. The van der Waals surface area contributed by atoms with Gasteiger partial charge in [-0.1, -0.05) is 11.8 Å². The second-order valence-corrected chi connectivity index (χ2v) is 7.19. The van der Waals surface area contributed by atoms with Crippen molar-refractivity contribution in [3.05, 3.63) is 33.1 Å². The number of thiophene rings is 1. The number of methoxy groups -OCH3 is 1. The van der Waals surface area contributed by atoms with Gasteiger partial charge in [-0.25, -0.2) is 4.79 Å². The maximum absolute atomic E-state index is 12.1. The number of aryl methyl sites for hydroxylation is 1. The molecule has 1 saturated heterocycles. The van der Waals surface area contributed by atoms with E-state index in [1.165, 1.54) is 12.7 Å². The highest BCUT2D eigenvalue weighted by atomic mass is 32.1. The number of hydrogen-bond donors (Lipinski definition) is 0. The molecule has 2 aliphatic heterocycles. The molecule has 0 amide bonds. The monoisotopic (exact) mass is 328 g/mol. The average molecular weight is 328 g/mol. The summed E-state index contributed by atoms with van der Waals surface area (Å²) in [5, 5.41) is 0. The van der Waals surface area contributed by atoms with Gasteiger partial charge >= 0.3 is 5.69 Å². The fourth-order valence-electron chi connectivity index (χ4n) is 2.81. The number of ether oxygens (including phenoxy) is 2. The smallest absolute Gasteiger partial charge is 0.351 e. The fourth-order valence-corrected chi connectivity index (χ4v) is 3.90. The van der Waals surface area contributed by atoms with Gasteiger partial charge in [-0.3, -0.25) is 4.57 Å². The molecule has 118 valence electrons. The molecule has 0 saturated carbocycles. The molecule has 2 aromatic rings. The van der Waals surface area contributed by atoms with Crippen LogP contribution in [0.4, 0.5) is 0 Å². The molecule has 23 heavy (non-hydrogen) atoms. The number of nitrogens with zero attached hydrogens (tertiary/aromatic N) is 2. The van der Waals surface area contributed by atoms with Gasteiger partial charge in [0, 0.05) is 12.6 Å². The van der Waals surface area contributed by atoms with E-state index >= 15 is 0 Å². The Kier molecular flexibility index (Phi) is 3.29. The van der Waals surface area contributed by atoms with Crippen LogP contribution in [0.5, 0.6) is 5.88 Å². The molecular weight excluding hydrogens is 312 g/mol. The second kappa shape index (κ2) is 5.22. The van der Waals surface area contributed by atoms with Crippen molar-refractivity contribution in [2.75, 3.05) is 20.3 Å². The summed E-state index contributed by atoms with van der Waals surface area (Å²) in [6, 6.07) is 3.96. The topological polar surface area (TPSA) is 53.4 Å². The first-order valence-electron chi connectivity index (χ1n) is 7.48. The van der Waals surface area contributed by atoms with Crippen molar-refractivity contribution in [1.82, 2.24) is 9.55 Å². The minimum absolute atomic E-state index is 0.0213. The third kappa shape index (κ3) is 2.46. The first-order chi connectivity index (χ1) is 11.1. The lowest BCUT2D eigenvalue weighted by Crippen LogP contribution is -2.38. The van der Waals surface area contributed by atoms with Crippen LogP contribution in [0.1, 0.15) is 17.4 Å². The van der Waals surface area contributed by atoms with Gasteiger partial charge in [0.2, 0.25) is 5.88 Å². The van der Waals surface area contributed by atoms with Crippen LogP contribution in [-0.2, 0) is 17.7 Å². The maximum atomic E-state index is 12.1. The Morgan fingerprint density at radius 2 is 2.26 bits per heavy atom. The van der Waals surface area contributed by atoms with E-state index in [-0.39, 0.29) is 11.1 Å². The quantitative estimate of drug-likeness (QED) is 0.751. The first-order valence-corrected chi connectivity index (χ1v) is 8.29. The molecule has 6 heteroatoms. The Balaban J connectivity index is 1.77. The lowest BCUT2D eigenvalue weighted by Gasteiger charge is -2.32. The highest BCUT2D eigenvalue weighted by Gasteiger charge is 2.31. The van der Waals surface area contributed by atoms with E-state index in [4.69, 9.17) is 9.47 Å². The van der Waals surface area contributed by atoms with E-state index in [0.717, 1.165) is 21.9 Å². The van der Waals surface area contributed by atoms with Crippen LogP contribution in [0.25, 0.3) is 10.6 Å². The van der Waals surface area contributed by atoms with Gasteiger partial charge in [0.25, 0.3) is 0 Å². The lowest BCUT2D eigenvalue weighted by molar-refractivity contribution is -0.0648. The molecule has 1 fully saturated rings. The van der Waals surface area contributed by atoms with Crippen molar-refractivity contribution in [3.8, 4) is 28.3 Å². The second-order valence-electron chi connectivity index (χ2n) is 6.14. The predicted molar refractivity (Wildman–Crippen MR) is 87.9 cm³/mol. The van der Waals surface area contributed by atoms with Crippen LogP contribution in [0, 0.1) is 17.3 Å². The molecule has 4 rings (SSSR count). The molecule has 0 N–H and O–H groups in total. The van der Waals surface area contributed by atoms with Crippen molar-refractivity contribution in [3.63, 3.8) is 0 Å². The van der Waals surface area contributed by atoms with Gasteiger partial charge in [-0.15, -0.1) is 11.3 Å². The number of aromatic nitrogens is 2. The molecule has 2 aromatic heterocycles. The zero-order valence-corrected chi connectivity index (χ0v) is 13.8. The molecule has 0 bridgehead atoms. The summed E-state index contributed by atoms with van der Waals surface area (Å²) in [4.78, 5) is 18.1. The maximum Gasteiger partial charge on any atom is 0.351 e. The molecular formula is C17H16N2O3S. The van der Waals surface area contributed by atoms with E-state index < -0.39 is 0 Å². The Morgan fingerprint density at radius 1 is 1.43 bits per heavy atom. The van der Waals surface area contributed by atoms with Crippen molar-refractivity contribution >= 4 is 11.3 Å². The summed E-state index contributed by atoms with van der Waals surface area (Å²) in [6.07, 6.45) is 0.828. The molecule has 4 heterocycles. The van der Waals surface area contributed by atoms with Gasteiger partial charge in [0.1, 0.15) is 0 Å². The Bertz CT molecular complexity index is 897. The third-order valence-electron chi connectivity index (χ3n) is 4.17. The van der Waals surface area contributed by atoms with Crippen molar-refractivity contribution in [2.24, 2.45) is 5.41 Å². The zero-order chi connectivity index (χ0) is 16.0. The fraction of sp³-hybridized carbons (Fsp3) is 0.412. The number of fused-ring (bicyclic) bond motifs is 3. The molecule has 5 nitrogen and oxygen atoms in total. The molecule has 0 aliphatic carbocycles. The Morgan fingerprint density at radius 3 is 2.96 bits per heavy atom. The van der Waals surface area contributed by atoms with Crippen molar-refractivity contribution in [2.45, 2.75) is 19.9 Å². The molecule has 0 unspecified atom stereocenters. The van der Waals surface area contributed by atoms with Gasteiger partial charge in [0.15, 0.2) is 0 Å². The molecule has 0 atom stereocenters. The third-order valence-corrected chi connectivity index (χ3v) is 5.29. The molecule has 0 aromatic carbocycles. The lowest BCUT2D eigenvalue weighted by atomic mass is 9.90. The summed E-state index contributed by atoms with van der Waals surface area (Å²) in [5.74, 6) is 6.94. The Labute approximate surface area is 137 Å². The van der Waals surface area contributed by atoms with Crippen LogP contribution in [0.15, 0.2) is 16.9 Å². The normalized spacial score (nSPS) is 17.3. The van der Waals surface area contributed by atoms with E-state index in [0.29, 0.717) is 25.6 Å². The van der Waals surface area contributed by atoms with Gasteiger partial charge < -0.3 is 9.47 Å². The van der Waals surface area contributed by atoms with Crippen LogP contribution in [0.3, 0.4) is 0 Å². The largest absolute Gasteiger partial charge is 0.481 e. The zero-order valence-electron chi connectivity index (χ0n) is 13.0.